The zero-order valence-electron chi connectivity index (χ0n) is 16.7. The minimum absolute atomic E-state index is 0.0533. The van der Waals surface area contributed by atoms with Crippen LogP contribution in [-0.2, 0) is 17.4 Å². The van der Waals surface area contributed by atoms with Gasteiger partial charge in [-0.25, -0.2) is 5.48 Å². The second-order valence-corrected chi connectivity index (χ2v) is 7.23. The van der Waals surface area contributed by atoms with Crippen LogP contribution in [0, 0.1) is 6.92 Å². The monoisotopic (exact) mass is 427 g/mol. The van der Waals surface area contributed by atoms with E-state index in [2.05, 4.69) is 22.6 Å². The highest BCUT2D eigenvalue weighted by Gasteiger charge is 2.30. The number of rotatable bonds is 5. The molecule has 2 aromatic carbocycles. The number of nitrogens with one attached hydrogen (secondary N) is 1. The second-order valence-electron chi connectivity index (χ2n) is 7.23. The zero-order valence-corrected chi connectivity index (χ0v) is 16.7. The fourth-order valence-electron chi connectivity index (χ4n) is 3.20. The fourth-order valence-corrected chi connectivity index (χ4v) is 3.20. The summed E-state index contributed by atoms with van der Waals surface area (Å²) in [6.07, 6.45) is -0.769. The SMILES string of the molecule is Cc1ccc(CC2CONC(c3ccncc3Oc3cccc(C(F)(F)F)c3)=N2)cc1. The van der Waals surface area contributed by atoms with Gasteiger partial charge in [0.1, 0.15) is 5.75 Å². The van der Waals surface area contributed by atoms with Gasteiger partial charge >= 0.3 is 6.18 Å². The van der Waals surface area contributed by atoms with Crippen molar-refractivity contribution in [2.75, 3.05) is 6.61 Å². The minimum atomic E-state index is -4.46. The quantitative estimate of drug-likeness (QED) is 0.616. The van der Waals surface area contributed by atoms with Crippen LogP contribution < -0.4 is 10.2 Å². The zero-order chi connectivity index (χ0) is 21.8. The molecule has 2 heterocycles. The molecule has 4 rings (SSSR count). The molecule has 1 aliphatic rings. The number of aliphatic imine (C=N–C) groups is 1. The van der Waals surface area contributed by atoms with Crippen LogP contribution in [0.5, 0.6) is 11.5 Å². The summed E-state index contributed by atoms with van der Waals surface area (Å²) >= 11 is 0. The van der Waals surface area contributed by atoms with E-state index >= 15 is 0 Å². The maximum absolute atomic E-state index is 13.0. The number of benzene rings is 2. The highest BCUT2D eigenvalue weighted by Crippen LogP contribution is 2.33. The summed E-state index contributed by atoms with van der Waals surface area (Å²) in [5, 5.41) is 0. The number of halogens is 3. The molecule has 160 valence electrons. The third-order valence-electron chi connectivity index (χ3n) is 4.78. The van der Waals surface area contributed by atoms with Gasteiger partial charge in [0.05, 0.1) is 30.0 Å². The molecule has 8 heteroatoms. The van der Waals surface area contributed by atoms with E-state index in [1.54, 1.807) is 12.3 Å². The average molecular weight is 427 g/mol. The topological polar surface area (TPSA) is 55.7 Å². The van der Waals surface area contributed by atoms with E-state index in [0.29, 0.717) is 24.4 Å². The van der Waals surface area contributed by atoms with Gasteiger partial charge in [0.25, 0.3) is 0 Å². The molecule has 5 nitrogen and oxygen atoms in total. The molecule has 0 spiro atoms. The summed E-state index contributed by atoms with van der Waals surface area (Å²) in [5.41, 5.74) is 4.86. The molecular formula is C23H20F3N3O2. The Balaban J connectivity index is 1.57. The van der Waals surface area contributed by atoms with Crippen LogP contribution in [0.3, 0.4) is 0 Å². The Morgan fingerprint density at radius 3 is 2.71 bits per heavy atom. The van der Waals surface area contributed by atoms with Crippen molar-refractivity contribution < 1.29 is 22.7 Å². The van der Waals surface area contributed by atoms with Crippen LogP contribution >= 0.6 is 0 Å². The van der Waals surface area contributed by atoms with Gasteiger partial charge in [-0.1, -0.05) is 35.9 Å². The van der Waals surface area contributed by atoms with Gasteiger partial charge in [0, 0.05) is 6.20 Å². The van der Waals surface area contributed by atoms with E-state index < -0.39 is 11.7 Å². The third kappa shape index (κ3) is 5.21. The first-order chi connectivity index (χ1) is 14.9. The van der Waals surface area contributed by atoms with Gasteiger partial charge in [0.15, 0.2) is 11.6 Å². The number of nitrogens with zero attached hydrogens (tertiary/aromatic N) is 2. The molecule has 0 radical (unpaired) electrons. The van der Waals surface area contributed by atoms with Gasteiger partial charge in [-0.15, -0.1) is 0 Å². The maximum Gasteiger partial charge on any atom is 0.416 e. The van der Waals surface area contributed by atoms with Crippen molar-refractivity contribution in [1.82, 2.24) is 10.5 Å². The Labute approximate surface area is 177 Å². The number of aryl methyl sites for hydroxylation is 1. The summed E-state index contributed by atoms with van der Waals surface area (Å²) in [5.74, 6) is 0.762. The lowest BCUT2D eigenvalue weighted by atomic mass is 10.0. The van der Waals surface area contributed by atoms with Gasteiger partial charge in [-0.05, 0) is 43.2 Å². The Morgan fingerprint density at radius 1 is 1.13 bits per heavy atom. The number of hydrogen-bond acceptors (Lipinski definition) is 5. The molecule has 0 aliphatic carbocycles. The first kappa shape index (κ1) is 20.9. The van der Waals surface area contributed by atoms with Crippen LogP contribution in [0.15, 0.2) is 72.0 Å². The van der Waals surface area contributed by atoms with Crippen LogP contribution in [0.4, 0.5) is 13.2 Å². The number of hydrogen-bond donors (Lipinski definition) is 1. The number of alkyl halides is 3. The molecule has 1 unspecified atom stereocenters. The molecule has 0 bridgehead atoms. The van der Waals surface area contributed by atoms with Crippen molar-refractivity contribution in [3.63, 3.8) is 0 Å². The van der Waals surface area contributed by atoms with Crippen molar-refractivity contribution in [2.24, 2.45) is 4.99 Å². The third-order valence-corrected chi connectivity index (χ3v) is 4.78. The van der Waals surface area contributed by atoms with Crippen LogP contribution in [0.1, 0.15) is 22.3 Å². The molecule has 31 heavy (non-hydrogen) atoms. The number of amidine groups is 1. The van der Waals surface area contributed by atoms with Crippen molar-refractivity contribution in [3.05, 3.63) is 89.2 Å². The average Bonchev–Trinajstić information content (AvgIpc) is 2.76. The van der Waals surface area contributed by atoms with E-state index in [9.17, 15) is 13.2 Å². The molecule has 0 saturated heterocycles. The van der Waals surface area contributed by atoms with Crippen molar-refractivity contribution >= 4 is 5.84 Å². The van der Waals surface area contributed by atoms with E-state index in [1.165, 1.54) is 23.9 Å². The molecule has 1 aliphatic heterocycles. The van der Waals surface area contributed by atoms with E-state index in [4.69, 9.17) is 14.6 Å². The molecule has 1 atom stereocenters. The van der Waals surface area contributed by atoms with E-state index in [1.807, 2.05) is 19.1 Å². The number of ether oxygens (including phenoxy) is 1. The predicted octanol–water partition coefficient (Wildman–Crippen LogP) is 5.09. The van der Waals surface area contributed by atoms with Gasteiger partial charge < -0.3 is 4.74 Å². The molecule has 0 amide bonds. The summed E-state index contributed by atoms with van der Waals surface area (Å²) in [6.45, 7) is 2.43. The predicted molar refractivity (Wildman–Crippen MR) is 110 cm³/mol. The standard InChI is InChI=1S/C23H20F3N3O2/c1-15-5-7-16(8-6-15)11-18-14-30-29-22(28-18)20-9-10-27-13-21(20)31-19-4-2-3-17(12-19)23(24,25)26/h2-10,12-13,18H,11,14H2,1H3,(H,28,29). The Morgan fingerprint density at radius 2 is 1.94 bits per heavy atom. The highest BCUT2D eigenvalue weighted by molar-refractivity contribution is 6.00. The fraction of sp³-hybridized carbons (Fsp3) is 0.217. The van der Waals surface area contributed by atoms with Crippen LogP contribution in [0.25, 0.3) is 0 Å². The highest BCUT2D eigenvalue weighted by atomic mass is 19.4. The second kappa shape index (κ2) is 8.77. The smallest absolute Gasteiger partial charge is 0.416 e. The Kier molecular flexibility index (Phi) is 5.90. The first-order valence-corrected chi connectivity index (χ1v) is 9.69. The van der Waals surface area contributed by atoms with Gasteiger partial charge in [-0.2, -0.15) is 13.2 Å². The van der Waals surface area contributed by atoms with E-state index in [0.717, 1.165) is 17.7 Å². The maximum atomic E-state index is 13.0. The summed E-state index contributed by atoms with van der Waals surface area (Å²) in [6, 6.07) is 14.5. The molecule has 3 aromatic rings. The Bertz CT molecular complexity index is 1080. The molecular weight excluding hydrogens is 407 g/mol. The largest absolute Gasteiger partial charge is 0.455 e. The summed E-state index contributed by atoms with van der Waals surface area (Å²) in [7, 11) is 0. The number of hydroxylamine groups is 1. The lowest BCUT2D eigenvalue weighted by molar-refractivity contribution is -0.137. The van der Waals surface area contributed by atoms with Crippen molar-refractivity contribution in [3.8, 4) is 11.5 Å². The van der Waals surface area contributed by atoms with Crippen LogP contribution in [-0.4, -0.2) is 23.5 Å². The number of pyridine rings is 1. The molecule has 1 N–H and O–H groups in total. The molecule has 1 aromatic heterocycles. The van der Waals surface area contributed by atoms with Gasteiger partial charge in [0.2, 0.25) is 0 Å². The van der Waals surface area contributed by atoms with Crippen molar-refractivity contribution in [2.45, 2.75) is 25.6 Å². The van der Waals surface area contributed by atoms with E-state index in [-0.39, 0.29) is 17.5 Å². The number of aromatic nitrogens is 1. The normalized spacial score (nSPS) is 16.4. The first-order valence-electron chi connectivity index (χ1n) is 9.69. The minimum Gasteiger partial charge on any atom is -0.455 e. The Hall–Kier alpha value is -3.39. The van der Waals surface area contributed by atoms with Crippen molar-refractivity contribution in [1.29, 1.82) is 0 Å². The molecule has 0 fully saturated rings. The van der Waals surface area contributed by atoms with Crippen LogP contribution in [0.2, 0.25) is 0 Å². The lowest BCUT2D eigenvalue weighted by Crippen LogP contribution is -2.36. The summed E-state index contributed by atoms with van der Waals surface area (Å²) in [4.78, 5) is 14.3. The summed E-state index contributed by atoms with van der Waals surface area (Å²) < 4.78 is 44.7. The molecule has 0 saturated carbocycles. The lowest BCUT2D eigenvalue weighted by Gasteiger charge is -2.23. The van der Waals surface area contributed by atoms with Gasteiger partial charge in [-0.3, -0.25) is 14.8 Å².